The number of H-pyrrole nitrogens is 1. The maximum Gasteiger partial charge on any atom is 1.00 e. The zero-order valence-corrected chi connectivity index (χ0v) is 9.04. The number of nitrogens with two attached hydrogens (primary N) is 1. The van der Waals surface area contributed by atoms with Gasteiger partial charge in [0.15, 0.2) is 0 Å². The van der Waals surface area contributed by atoms with Gasteiger partial charge in [0.05, 0.1) is 7.11 Å². The smallest absolute Gasteiger partial charge is 0.468 e. The van der Waals surface area contributed by atoms with Crippen molar-refractivity contribution in [3.05, 3.63) is 11.9 Å². The predicted molar refractivity (Wildman–Crippen MR) is 38.9 cm³/mol. The Balaban J connectivity index is 0.00000144. The first-order chi connectivity index (χ1) is 5.74. The molecule has 76 valence electrons. The summed E-state index contributed by atoms with van der Waals surface area (Å²) in [6, 6.07) is -0.687. The van der Waals surface area contributed by atoms with Crippen LogP contribution in [0.5, 0.6) is 0 Å². The minimum absolute atomic E-state index is 0. The summed E-state index contributed by atoms with van der Waals surface area (Å²) in [5, 5.41) is 9.39. The van der Waals surface area contributed by atoms with E-state index in [1.165, 1.54) is 7.11 Å². The Kier molecular flexibility index (Phi) is 5.56. The maximum absolute atomic E-state index is 10.8. The van der Waals surface area contributed by atoms with Gasteiger partial charge in [-0.25, -0.2) is 0 Å². The summed E-state index contributed by atoms with van der Waals surface area (Å²) in [6.07, 6.45) is 2.85. The van der Waals surface area contributed by atoms with Gasteiger partial charge in [0.1, 0.15) is 6.04 Å². The molecule has 13 heavy (non-hydrogen) atoms. The molecule has 0 saturated heterocycles. The van der Waals surface area contributed by atoms with Gasteiger partial charge < -0.3 is 26.9 Å². The summed E-state index contributed by atoms with van der Waals surface area (Å²) in [5.74, 6) is -0.460. The van der Waals surface area contributed by atoms with Gasteiger partial charge in [-0.05, 0) is 6.42 Å². The van der Waals surface area contributed by atoms with Crippen LogP contribution in [0.2, 0.25) is 0 Å². The molecular weight excluding hydrogens is 357 g/mol. The molecule has 0 amide bonds. The fourth-order valence-corrected chi connectivity index (χ4v) is 0.742. The van der Waals surface area contributed by atoms with Crippen LogP contribution in [-0.2, 0) is 38.3 Å². The SMILES string of the molecule is COC(=O)[C@H](N)Cc1[c-]nn[nH]1.[Au+]. The average molecular weight is 366 g/mol. The Morgan fingerprint density at radius 1 is 1.85 bits per heavy atom. The number of esters is 1. The van der Waals surface area contributed by atoms with E-state index in [9.17, 15) is 4.79 Å². The molecule has 0 spiro atoms. The summed E-state index contributed by atoms with van der Waals surface area (Å²) in [7, 11) is 1.29. The van der Waals surface area contributed by atoms with Crippen LogP contribution in [0.3, 0.4) is 0 Å². The molecule has 0 radical (unpaired) electrons. The van der Waals surface area contributed by atoms with Crippen LogP contribution in [-0.4, -0.2) is 34.5 Å². The fraction of sp³-hybridized carbons (Fsp3) is 0.500. The molecule has 3 N–H and O–H groups in total. The first kappa shape index (κ1) is 12.3. The number of rotatable bonds is 3. The Morgan fingerprint density at radius 2 is 2.54 bits per heavy atom. The Labute approximate surface area is 90.7 Å². The fourth-order valence-electron chi connectivity index (χ4n) is 0.742. The predicted octanol–water partition coefficient (Wildman–Crippen LogP) is -1.35. The van der Waals surface area contributed by atoms with E-state index < -0.39 is 12.0 Å². The second-order valence-corrected chi connectivity index (χ2v) is 2.24. The van der Waals surface area contributed by atoms with Crippen molar-refractivity contribution in [1.82, 2.24) is 15.4 Å². The van der Waals surface area contributed by atoms with E-state index >= 15 is 0 Å². The first-order valence-electron chi connectivity index (χ1n) is 3.35. The second kappa shape index (κ2) is 5.87. The van der Waals surface area contributed by atoms with Crippen LogP contribution in [0, 0.1) is 6.20 Å². The molecule has 0 aromatic carbocycles. The molecule has 1 atom stereocenters. The molecule has 0 aliphatic rings. The summed E-state index contributed by atoms with van der Waals surface area (Å²) in [5.41, 5.74) is 6.04. The number of ether oxygens (including phenoxy) is 1. The molecule has 1 aromatic rings. The van der Waals surface area contributed by atoms with Gasteiger partial charge in [-0.2, -0.15) is 0 Å². The molecule has 1 heterocycles. The normalized spacial score (nSPS) is 11.5. The molecule has 1 aromatic heterocycles. The third kappa shape index (κ3) is 3.69. The molecule has 0 unspecified atom stereocenters. The molecule has 0 fully saturated rings. The number of methoxy groups -OCH3 is 1. The van der Waals surface area contributed by atoms with Gasteiger partial charge in [0, 0.05) is 0 Å². The largest absolute Gasteiger partial charge is 1.00 e. The van der Waals surface area contributed by atoms with Crippen LogP contribution in [0.1, 0.15) is 5.69 Å². The Bertz CT molecular complexity index is 251. The number of nitrogens with one attached hydrogen (secondary N) is 1. The van der Waals surface area contributed by atoms with Gasteiger partial charge in [-0.1, -0.05) is 0 Å². The minimum Gasteiger partial charge on any atom is -0.468 e. The quantitative estimate of drug-likeness (QED) is 0.392. The summed E-state index contributed by atoms with van der Waals surface area (Å²) >= 11 is 0. The van der Waals surface area contributed by atoms with E-state index in [1.54, 1.807) is 0 Å². The summed E-state index contributed by atoms with van der Waals surface area (Å²) < 4.78 is 4.43. The average Bonchev–Trinajstić information content (AvgIpc) is 2.55. The minimum atomic E-state index is -0.687. The Hall–Kier alpha value is -0.690. The van der Waals surface area contributed by atoms with Crippen LogP contribution in [0.25, 0.3) is 0 Å². The molecule has 0 saturated carbocycles. The maximum atomic E-state index is 10.8. The standard InChI is InChI=1S/C6H9N4O2.Au/c1-12-6(11)5(7)2-4-3-8-10-9-4;/h5H,2,7H2,1H3,(H,8,9,10);/q-1;+1/t5-;/m1./s1. The number of hydrogen-bond donors (Lipinski definition) is 2. The van der Waals surface area contributed by atoms with Crippen LogP contribution >= 0.6 is 0 Å². The van der Waals surface area contributed by atoms with Crippen molar-refractivity contribution < 1.29 is 31.9 Å². The van der Waals surface area contributed by atoms with Gasteiger partial charge in [-0.3, -0.25) is 4.79 Å². The van der Waals surface area contributed by atoms with Crippen molar-refractivity contribution in [2.45, 2.75) is 12.5 Å². The number of carbonyl (C=O) groups excluding carboxylic acids is 1. The van der Waals surface area contributed by atoms with E-state index in [0.29, 0.717) is 12.1 Å². The van der Waals surface area contributed by atoms with Gasteiger partial charge in [-0.15, -0.1) is 10.9 Å². The van der Waals surface area contributed by atoms with Crippen LogP contribution in [0.4, 0.5) is 0 Å². The topological polar surface area (TPSA) is 93.9 Å². The number of aromatic amines is 1. The van der Waals surface area contributed by atoms with Gasteiger partial charge >= 0.3 is 28.3 Å². The van der Waals surface area contributed by atoms with Crippen LogP contribution < -0.4 is 5.73 Å². The third-order valence-corrected chi connectivity index (χ3v) is 1.35. The molecule has 1 rings (SSSR count). The van der Waals surface area contributed by atoms with E-state index in [4.69, 9.17) is 5.73 Å². The van der Waals surface area contributed by atoms with Crippen molar-refractivity contribution in [2.75, 3.05) is 7.11 Å². The van der Waals surface area contributed by atoms with Crippen molar-refractivity contribution in [3.8, 4) is 0 Å². The first-order valence-corrected chi connectivity index (χ1v) is 3.35. The van der Waals surface area contributed by atoms with Gasteiger partial charge in [0.2, 0.25) is 0 Å². The Morgan fingerprint density at radius 3 is 3.00 bits per heavy atom. The van der Waals surface area contributed by atoms with E-state index in [1.807, 2.05) is 0 Å². The van der Waals surface area contributed by atoms with E-state index in [2.05, 4.69) is 26.3 Å². The number of hydrogen-bond acceptors (Lipinski definition) is 5. The molecular formula is C6H9AuN4O2. The summed E-state index contributed by atoms with van der Waals surface area (Å²) in [6.45, 7) is 0. The monoisotopic (exact) mass is 366 g/mol. The zero-order valence-electron chi connectivity index (χ0n) is 6.87. The van der Waals surface area contributed by atoms with Crippen LogP contribution in [0.15, 0.2) is 0 Å². The zero-order chi connectivity index (χ0) is 8.97. The van der Waals surface area contributed by atoms with Crippen molar-refractivity contribution in [3.63, 3.8) is 0 Å². The summed E-state index contributed by atoms with van der Waals surface area (Å²) in [4.78, 5) is 10.8. The van der Waals surface area contributed by atoms with Crippen molar-refractivity contribution >= 4 is 5.97 Å². The van der Waals surface area contributed by atoms with Crippen molar-refractivity contribution in [2.24, 2.45) is 5.73 Å². The molecule has 0 bridgehead atoms. The third-order valence-electron chi connectivity index (χ3n) is 1.35. The number of carbonyl (C=O) groups is 1. The number of nitrogens with zero attached hydrogens (tertiary/aromatic N) is 2. The molecule has 6 nitrogen and oxygen atoms in total. The number of aromatic nitrogens is 3. The van der Waals surface area contributed by atoms with E-state index in [-0.39, 0.29) is 22.4 Å². The van der Waals surface area contributed by atoms with Gasteiger partial charge in [0.25, 0.3) is 0 Å². The molecule has 0 aliphatic heterocycles. The second-order valence-electron chi connectivity index (χ2n) is 2.24. The molecule has 0 aliphatic carbocycles. The molecule has 7 heteroatoms. The van der Waals surface area contributed by atoms with E-state index in [0.717, 1.165) is 0 Å². The van der Waals surface area contributed by atoms with Crippen molar-refractivity contribution in [1.29, 1.82) is 0 Å².